The average Bonchev–Trinajstić information content (AvgIpc) is 2.64. The van der Waals surface area contributed by atoms with Gasteiger partial charge in [0.1, 0.15) is 11.9 Å². The second kappa shape index (κ2) is 8.50. The summed E-state index contributed by atoms with van der Waals surface area (Å²) in [4.78, 5) is 17.7. The van der Waals surface area contributed by atoms with Gasteiger partial charge in [0.05, 0.1) is 25.3 Å². The van der Waals surface area contributed by atoms with Crippen molar-refractivity contribution in [3.8, 4) is 11.6 Å². The maximum Gasteiger partial charge on any atom is 0.417 e. The van der Waals surface area contributed by atoms with Crippen LogP contribution in [-0.2, 0) is 6.18 Å². The van der Waals surface area contributed by atoms with Crippen LogP contribution in [0.3, 0.4) is 0 Å². The van der Waals surface area contributed by atoms with Crippen molar-refractivity contribution in [2.24, 2.45) is 0 Å². The van der Waals surface area contributed by atoms with E-state index in [-0.39, 0.29) is 17.9 Å². The molecule has 150 valence electrons. The lowest BCUT2D eigenvalue weighted by Gasteiger charge is -2.38. The molecule has 1 aromatic carbocycles. The summed E-state index contributed by atoms with van der Waals surface area (Å²) in [6.07, 6.45) is -1.95. The minimum atomic E-state index is -4.43. The number of unbranched alkanes of at least 4 members (excludes halogenated alkanes) is 1. The Bertz CT molecular complexity index is 786. The molecule has 0 aliphatic carbocycles. The van der Waals surface area contributed by atoms with Gasteiger partial charge in [-0.15, -0.1) is 0 Å². The van der Waals surface area contributed by atoms with Crippen LogP contribution in [-0.4, -0.2) is 41.6 Å². The molecule has 1 aliphatic rings. The first-order chi connectivity index (χ1) is 13.4. The van der Waals surface area contributed by atoms with Crippen LogP contribution in [0.4, 0.5) is 13.2 Å². The number of halogens is 3. The zero-order valence-electron chi connectivity index (χ0n) is 15.4. The molecule has 0 radical (unpaired) electrons. The Morgan fingerprint density at radius 1 is 1.18 bits per heavy atom. The van der Waals surface area contributed by atoms with Crippen LogP contribution < -0.4 is 9.47 Å². The number of pyridine rings is 1. The van der Waals surface area contributed by atoms with E-state index in [1.54, 1.807) is 29.2 Å². The number of rotatable bonds is 7. The fourth-order valence-electron chi connectivity index (χ4n) is 2.68. The molecule has 5 nitrogen and oxygen atoms in total. The van der Waals surface area contributed by atoms with Gasteiger partial charge in [-0.1, -0.05) is 13.3 Å². The zero-order valence-corrected chi connectivity index (χ0v) is 15.4. The third kappa shape index (κ3) is 4.94. The van der Waals surface area contributed by atoms with E-state index >= 15 is 0 Å². The van der Waals surface area contributed by atoms with Crippen LogP contribution in [0.25, 0.3) is 0 Å². The van der Waals surface area contributed by atoms with E-state index in [2.05, 4.69) is 11.9 Å². The third-order valence-corrected chi connectivity index (χ3v) is 4.35. The third-order valence-electron chi connectivity index (χ3n) is 4.35. The number of likely N-dealkylation sites (tertiary alicyclic amines) is 1. The van der Waals surface area contributed by atoms with Gasteiger partial charge >= 0.3 is 6.18 Å². The van der Waals surface area contributed by atoms with Gasteiger partial charge in [-0.2, -0.15) is 13.2 Å². The molecule has 1 amide bonds. The largest absolute Gasteiger partial charge is 0.494 e. The Kier molecular flexibility index (Phi) is 6.06. The summed E-state index contributed by atoms with van der Waals surface area (Å²) in [5.41, 5.74) is -0.277. The van der Waals surface area contributed by atoms with Gasteiger partial charge in [0.25, 0.3) is 5.91 Å². The van der Waals surface area contributed by atoms with E-state index in [4.69, 9.17) is 9.47 Å². The Balaban J connectivity index is 1.47. The topological polar surface area (TPSA) is 51.7 Å². The number of alkyl halides is 3. The first-order valence-corrected chi connectivity index (χ1v) is 9.09. The molecule has 1 saturated heterocycles. The Morgan fingerprint density at radius 2 is 1.89 bits per heavy atom. The molecule has 1 aliphatic heterocycles. The second-order valence-electron chi connectivity index (χ2n) is 6.56. The number of hydrogen-bond acceptors (Lipinski definition) is 4. The molecule has 8 heteroatoms. The van der Waals surface area contributed by atoms with Crippen molar-refractivity contribution in [2.45, 2.75) is 32.0 Å². The highest BCUT2D eigenvalue weighted by molar-refractivity contribution is 5.94. The molecular weight excluding hydrogens is 373 g/mol. The number of aromatic nitrogens is 1. The molecular formula is C20H21F3N2O3. The minimum absolute atomic E-state index is 0.110. The van der Waals surface area contributed by atoms with E-state index in [0.29, 0.717) is 25.3 Å². The van der Waals surface area contributed by atoms with Gasteiger partial charge in [-0.3, -0.25) is 4.79 Å². The SMILES string of the molecule is CCCCOc1ccc(C(=O)N2CC(Oc3ccc(C(F)(F)F)cn3)C2)cc1. The van der Waals surface area contributed by atoms with Crippen LogP contribution in [0, 0.1) is 0 Å². The van der Waals surface area contributed by atoms with E-state index in [1.165, 1.54) is 6.07 Å². The van der Waals surface area contributed by atoms with E-state index < -0.39 is 11.7 Å². The maximum absolute atomic E-state index is 12.5. The quantitative estimate of drug-likeness (QED) is 0.661. The van der Waals surface area contributed by atoms with Crippen LogP contribution >= 0.6 is 0 Å². The highest BCUT2D eigenvalue weighted by Gasteiger charge is 2.34. The van der Waals surface area contributed by atoms with E-state index in [9.17, 15) is 18.0 Å². The number of amides is 1. The fraction of sp³-hybridized carbons (Fsp3) is 0.400. The molecule has 3 rings (SSSR count). The van der Waals surface area contributed by atoms with E-state index in [0.717, 1.165) is 30.9 Å². The number of carbonyl (C=O) groups excluding carboxylic acids is 1. The molecule has 2 aromatic rings. The predicted molar refractivity (Wildman–Crippen MR) is 96.4 cm³/mol. The molecule has 1 aromatic heterocycles. The fourth-order valence-corrected chi connectivity index (χ4v) is 2.68. The number of ether oxygens (including phenoxy) is 2. The number of hydrogen-bond donors (Lipinski definition) is 0. The standard InChI is InChI=1S/C20H21F3N2O3/c1-2-3-10-27-16-7-4-14(5-8-16)19(26)25-12-17(13-25)28-18-9-6-15(11-24-18)20(21,22)23/h4-9,11,17H,2-3,10,12-13H2,1H3. The van der Waals surface area contributed by atoms with Crippen molar-refractivity contribution in [1.82, 2.24) is 9.88 Å². The summed E-state index contributed by atoms with van der Waals surface area (Å²) in [5.74, 6) is 0.710. The lowest BCUT2D eigenvalue weighted by atomic mass is 10.1. The van der Waals surface area contributed by atoms with Gasteiger partial charge in [-0.25, -0.2) is 4.98 Å². The molecule has 1 fully saturated rings. The second-order valence-corrected chi connectivity index (χ2v) is 6.56. The summed E-state index contributed by atoms with van der Waals surface area (Å²) in [6, 6.07) is 9.08. The highest BCUT2D eigenvalue weighted by Crippen LogP contribution is 2.29. The molecule has 0 unspecified atom stereocenters. The van der Waals surface area contributed by atoms with Gasteiger partial charge < -0.3 is 14.4 Å². The molecule has 0 bridgehead atoms. The molecule has 0 saturated carbocycles. The lowest BCUT2D eigenvalue weighted by Crippen LogP contribution is -2.56. The van der Waals surface area contributed by atoms with Crippen molar-refractivity contribution < 1.29 is 27.4 Å². The van der Waals surface area contributed by atoms with Crippen molar-refractivity contribution in [2.75, 3.05) is 19.7 Å². The number of carbonyl (C=O) groups is 1. The molecule has 0 atom stereocenters. The summed E-state index contributed by atoms with van der Waals surface area (Å²) < 4.78 is 48.7. The average molecular weight is 394 g/mol. The zero-order chi connectivity index (χ0) is 20.1. The van der Waals surface area contributed by atoms with Gasteiger partial charge in [0, 0.05) is 17.8 Å². The highest BCUT2D eigenvalue weighted by atomic mass is 19.4. The Labute approximate surface area is 161 Å². The molecule has 0 N–H and O–H groups in total. The monoisotopic (exact) mass is 394 g/mol. The van der Waals surface area contributed by atoms with E-state index in [1.807, 2.05) is 0 Å². The van der Waals surface area contributed by atoms with Crippen LogP contribution in [0.2, 0.25) is 0 Å². The lowest BCUT2D eigenvalue weighted by molar-refractivity contribution is -0.137. The van der Waals surface area contributed by atoms with Crippen molar-refractivity contribution in [3.05, 3.63) is 53.7 Å². The summed E-state index contributed by atoms with van der Waals surface area (Å²) in [6.45, 7) is 3.45. The predicted octanol–water partition coefficient (Wildman–Crippen LogP) is 4.18. The van der Waals surface area contributed by atoms with Crippen molar-refractivity contribution >= 4 is 5.91 Å². The van der Waals surface area contributed by atoms with Crippen LogP contribution in [0.5, 0.6) is 11.6 Å². The normalized spacial score (nSPS) is 14.5. The summed E-state index contributed by atoms with van der Waals surface area (Å²) in [5, 5.41) is 0. The minimum Gasteiger partial charge on any atom is -0.494 e. The first-order valence-electron chi connectivity index (χ1n) is 9.09. The van der Waals surface area contributed by atoms with Crippen LogP contribution in [0.1, 0.15) is 35.7 Å². The number of nitrogens with zero attached hydrogens (tertiary/aromatic N) is 2. The maximum atomic E-state index is 12.5. The Morgan fingerprint density at radius 3 is 2.46 bits per heavy atom. The first kappa shape index (κ1) is 20.0. The van der Waals surface area contributed by atoms with Gasteiger partial charge in [0.15, 0.2) is 0 Å². The Hall–Kier alpha value is -2.77. The smallest absolute Gasteiger partial charge is 0.417 e. The molecule has 0 spiro atoms. The molecule has 28 heavy (non-hydrogen) atoms. The molecule has 2 heterocycles. The van der Waals surface area contributed by atoms with Gasteiger partial charge in [0.2, 0.25) is 5.88 Å². The van der Waals surface area contributed by atoms with Crippen molar-refractivity contribution in [3.63, 3.8) is 0 Å². The van der Waals surface area contributed by atoms with Gasteiger partial charge in [-0.05, 0) is 36.8 Å². The van der Waals surface area contributed by atoms with Crippen molar-refractivity contribution in [1.29, 1.82) is 0 Å². The summed E-state index contributed by atoms with van der Waals surface area (Å²) >= 11 is 0. The van der Waals surface area contributed by atoms with Crippen LogP contribution in [0.15, 0.2) is 42.6 Å². The number of benzene rings is 1. The summed E-state index contributed by atoms with van der Waals surface area (Å²) in [7, 11) is 0.